The van der Waals surface area contributed by atoms with Gasteiger partial charge in [0.2, 0.25) is 11.4 Å². The normalized spacial score (nSPS) is 24.4. The summed E-state index contributed by atoms with van der Waals surface area (Å²) in [4.78, 5) is 29.4. The molecule has 4 aromatic rings. The number of phenolic OH excluding ortho intramolecular Hbond substituents is 7. The number of ketones is 2. The summed E-state index contributed by atoms with van der Waals surface area (Å²) in [7, 11) is 0. The van der Waals surface area contributed by atoms with Gasteiger partial charge >= 0.3 is 0 Å². The van der Waals surface area contributed by atoms with Crippen molar-refractivity contribution in [2.75, 3.05) is 0 Å². The fraction of sp³-hybridized carbons (Fsp3) is 0.250. The van der Waals surface area contributed by atoms with E-state index in [2.05, 4.69) is 0 Å². The van der Waals surface area contributed by atoms with E-state index in [1.54, 1.807) is 32.9 Å². The van der Waals surface area contributed by atoms with Crippen molar-refractivity contribution < 1.29 is 59.9 Å². The van der Waals surface area contributed by atoms with Crippen LogP contribution in [0.15, 0.2) is 84.0 Å². The zero-order valence-corrected chi connectivity index (χ0v) is 28.3. The van der Waals surface area contributed by atoms with Crippen LogP contribution in [0.5, 0.6) is 51.7 Å². The Morgan fingerprint density at radius 2 is 1.48 bits per heavy atom. The highest BCUT2D eigenvalue weighted by atomic mass is 16.7. The van der Waals surface area contributed by atoms with Crippen molar-refractivity contribution >= 4 is 11.6 Å². The minimum Gasteiger partial charge on any atom is -0.508 e. The van der Waals surface area contributed by atoms with Gasteiger partial charge in [-0.15, -0.1) is 0 Å². The molecule has 12 heteroatoms. The number of carbonyl (C=O) groups excluding carboxylic acids is 2. The Balaban J connectivity index is 1.44. The van der Waals surface area contributed by atoms with Crippen molar-refractivity contribution in [3.63, 3.8) is 0 Å². The molecule has 4 aromatic carbocycles. The number of aromatic hydroxyl groups is 7. The summed E-state index contributed by atoms with van der Waals surface area (Å²) in [5, 5.41) is 87.9. The van der Waals surface area contributed by atoms with E-state index in [9.17, 15) is 50.4 Å². The summed E-state index contributed by atoms with van der Waals surface area (Å²) < 4.78 is 12.3. The minimum atomic E-state index is -2.45. The molecule has 0 spiro atoms. The molecular weight excluding hydrogens is 672 g/mol. The topological polar surface area (TPSA) is 214 Å². The summed E-state index contributed by atoms with van der Waals surface area (Å²) in [5.41, 5.74) is -1.30. The molecule has 7 rings (SSSR count). The third-order valence-electron chi connectivity index (χ3n) is 10.2. The molecule has 3 unspecified atom stereocenters. The van der Waals surface area contributed by atoms with Crippen LogP contribution in [0.2, 0.25) is 0 Å². The Kier molecular flexibility index (Phi) is 7.91. The molecule has 0 radical (unpaired) electrons. The summed E-state index contributed by atoms with van der Waals surface area (Å²) in [6.07, 6.45) is 3.28. The first-order chi connectivity index (χ1) is 24.6. The first-order valence-corrected chi connectivity index (χ1v) is 16.5. The first-order valence-electron chi connectivity index (χ1n) is 16.5. The molecule has 0 aromatic heterocycles. The van der Waals surface area contributed by atoms with E-state index >= 15 is 0 Å². The maximum absolute atomic E-state index is 14.8. The van der Waals surface area contributed by atoms with E-state index in [4.69, 9.17) is 9.47 Å². The Labute approximate surface area is 297 Å². The molecule has 12 nitrogen and oxygen atoms in total. The lowest BCUT2D eigenvalue weighted by Crippen LogP contribution is -2.62. The van der Waals surface area contributed by atoms with Gasteiger partial charge in [-0.1, -0.05) is 29.4 Å². The number of carbonyl (C=O) groups is 2. The number of hydrogen-bond acceptors (Lipinski definition) is 12. The van der Waals surface area contributed by atoms with Crippen LogP contribution in [0.3, 0.4) is 0 Å². The second-order valence-electron chi connectivity index (χ2n) is 13.9. The molecule has 5 atom stereocenters. The number of rotatable bonds is 6. The summed E-state index contributed by atoms with van der Waals surface area (Å²) in [5.74, 6) is -10.6. The van der Waals surface area contributed by atoms with Gasteiger partial charge in [0, 0.05) is 54.0 Å². The molecule has 268 valence electrons. The number of ether oxygens (including phenoxy) is 2. The Bertz CT molecular complexity index is 2250. The van der Waals surface area contributed by atoms with Crippen molar-refractivity contribution in [2.24, 2.45) is 5.92 Å². The van der Waals surface area contributed by atoms with Gasteiger partial charge in [-0.3, -0.25) is 9.59 Å². The van der Waals surface area contributed by atoms with Gasteiger partial charge in [0.05, 0.1) is 11.1 Å². The number of hydrogen-bond donors (Lipinski definition) is 8. The second-order valence-corrected chi connectivity index (χ2v) is 13.9. The van der Waals surface area contributed by atoms with Crippen LogP contribution in [0, 0.1) is 5.92 Å². The van der Waals surface area contributed by atoms with E-state index in [0.717, 1.165) is 23.8 Å². The van der Waals surface area contributed by atoms with Gasteiger partial charge in [-0.25, -0.2) is 0 Å². The lowest BCUT2D eigenvalue weighted by atomic mass is 9.65. The van der Waals surface area contributed by atoms with Crippen LogP contribution in [-0.2, 0) is 5.79 Å². The average Bonchev–Trinajstić information content (AvgIpc) is 3.30. The van der Waals surface area contributed by atoms with Crippen molar-refractivity contribution in [1.29, 1.82) is 0 Å². The number of allylic oxidation sites excluding steroid dienone is 3. The molecule has 0 amide bonds. The standard InChI is InChI=1S/C40H36O12/c1-18(2)10-11-39-38(49)35-32(52-40(39,50)27-9-6-22(43)16-31(27)51-39)17-30(46)34(37(35)48)26-13-19(3)12-25(23-7-4-20(41)14-28(23)44)33(26)36(47)24-8-5-21(42)15-29(24)45/h4-10,13-17,25-26,33,41-46,48,50H,11-12H2,1-3H3/t25?,26-,33+,39?,40?/m0/s1. The van der Waals surface area contributed by atoms with E-state index < -0.39 is 63.5 Å². The molecule has 1 aliphatic carbocycles. The number of benzene rings is 4. The van der Waals surface area contributed by atoms with Gasteiger partial charge in [0.15, 0.2) is 5.78 Å². The monoisotopic (exact) mass is 708 g/mol. The maximum Gasteiger partial charge on any atom is 0.286 e. The summed E-state index contributed by atoms with van der Waals surface area (Å²) in [6, 6.07) is 12.3. The predicted molar refractivity (Wildman–Crippen MR) is 185 cm³/mol. The first kappa shape index (κ1) is 34.3. The minimum absolute atomic E-state index is 0.0310. The predicted octanol–water partition coefficient (Wildman–Crippen LogP) is 6.25. The van der Waals surface area contributed by atoms with Crippen LogP contribution in [0.4, 0.5) is 0 Å². The molecule has 2 heterocycles. The van der Waals surface area contributed by atoms with Crippen LogP contribution in [-0.4, -0.2) is 58.0 Å². The fourth-order valence-corrected chi connectivity index (χ4v) is 7.81. The van der Waals surface area contributed by atoms with Crippen LogP contribution in [0.1, 0.15) is 82.9 Å². The number of aliphatic hydroxyl groups is 1. The molecular formula is C40H36O12. The third kappa shape index (κ3) is 5.09. The number of fused-ring (bicyclic) bond motifs is 4. The summed E-state index contributed by atoms with van der Waals surface area (Å²) in [6.45, 7) is 5.31. The van der Waals surface area contributed by atoms with Gasteiger partial charge in [-0.2, -0.15) is 0 Å². The zero-order chi connectivity index (χ0) is 37.4. The fourth-order valence-electron chi connectivity index (χ4n) is 7.81. The van der Waals surface area contributed by atoms with Crippen molar-refractivity contribution in [3.05, 3.63) is 112 Å². The number of phenols is 7. The lowest BCUT2D eigenvalue weighted by molar-refractivity contribution is -0.221. The van der Waals surface area contributed by atoms with E-state index in [1.165, 1.54) is 42.5 Å². The van der Waals surface area contributed by atoms with Gasteiger partial charge in [-0.05, 0) is 63.1 Å². The second kappa shape index (κ2) is 12.0. The van der Waals surface area contributed by atoms with Crippen LogP contribution in [0.25, 0.3) is 0 Å². The van der Waals surface area contributed by atoms with Gasteiger partial charge in [0.25, 0.3) is 5.79 Å². The molecule has 0 fully saturated rings. The molecule has 0 bridgehead atoms. The van der Waals surface area contributed by atoms with Crippen LogP contribution < -0.4 is 9.47 Å². The van der Waals surface area contributed by atoms with E-state index in [-0.39, 0.29) is 69.6 Å². The van der Waals surface area contributed by atoms with E-state index in [0.29, 0.717) is 5.57 Å². The molecule has 8 N–H and O–H groups in total. The third-order valence-corrected chi connectivity index (χ3v) is 10.2. The molecule has 0 saturated carbocycles. The largest absolute Gasteiger partial charge is 0.508 e. The Hall–Kier alpha value is -6.14. The SMILES string of the molecule is CC(C)=CCC12Oc3cc(O)ccc3C1(O)Oc1cc(O)c([C@H]3C=C(C)CC(c4ccc(O)cc4O)[C@H]3C(=O)c3ccc(O)cc3O)c(O)c1C2=O. The van der Waals surface area contributed by atoms with Crippen molar-refractivity contribution in [2.45, 2.75) is 56.8 Å². The quantitative estimate of drug-likeness (QED) is 0.0824. The molecule has 2 aliphatic heterocycles. The number of Topliss-reactive ketones (excluding diaryl/α,β-unsaturated/α-hetero) is 2. The van der Waals surface area contributed by atoms with Gasteiger partial charge < -0.3 is 50.3 Å². The van der Waals surface area contributed by atoms with Crippen LogP contribution >= 0.6 is 0 Å². The lowest BCUT2D eigenvalue weighted by Gasteiger charge is -2.43. The van der Waals surface area contributed by atoms with Crippen molar-refractivity contribution in [3.8, 4) is 51.7 Å². The Morgan fingerprint density at radius 3 is 2.15 bits per heavy atom. The average molecular weight is 709 g/mol. The highest BCUT2D eigenvalue weighted by Gasteiger charge is 2.70. The van der Waals surface area contributed by atoms with E-state index in [1.807, 2.05) is 0 Å². The highest BCUT2D eigenvalue weighted by molar-refractivity contribution is 6.10. The maximum atomic E-state index is 14.8. The molecule has 0 saturated heterocycles. The smallest absolute Gasteiger partial charge is 0.286 e. The Morgan fingerprint density at radius 1 is 0.827 bits per heavy atom. The zero-order valence-electron chi connectivity index (χ0n) is 28.3. The molecule has 52 heavy (non-hydrogen) atoms. The highest BCUT2D eigenvalue weighted by Crippen LogP contribution is 2.60. The molecule has 3 aliphatic rings. The summed E-state index contributed by atoms with van der Waals surface area (Å²) >= 11 is 0. The van der Waals surface area contributed by atoms with Gasteiger partial charge in [0.1, 0.15) is 57.3 Å². The van der Waals surface area contributed by atoms with Crippen molar-refractivity contribution in [1.82, 2.24) is 0 Å².